The molecule has 1 rings (SSSR count). The standard InChI is InChI=1S/C15H32N2O/c1-4-18-13-6-5-9-16-10-12-17-11-7-8-14(2)15(17)3/h14-16H,4-13H2,1-3H3. The fraction of sp³-hybridized carbons (Fsp3) is 1.00. The number of likely N-dealkylation sites (tertiary alicyclic amines) is 1. The van der Waals surface area contributed by atoms with E-state index in [0.717, 1.165) is 38.3 Å². The van der Waals surface area contributed by atoms with Gasteiger partial charge < -0.3 is 10.1 Å². The van der Waals surface area contributed by atoms with Crippen molar-refractivity contribution < 1.29 is 4.74 Å². The summed E-state index contributed by atoms with van der Waals surface area (Å²) in [5.74, 6) is 0.866. The van der Waals surface area contributed by atoms with Crippen molar-refractivity contribution in [3.05, 3.63) is 0 Å². The van der Waals surface area contributed by atoms with Crippen LogP contribution in [0.4, 0.5) is 0 Å². The quantitative estimate of drug-likeness (QED) is 0.642. The molecule has 2 atom stereocenters. The third kappa shape index (κ3) is 6.17. The second kappa shape index (κ2) is 9.76. The summed E-state index contributed by atoms with van der Waals surface area (Å²) in [6.45, 7) is 13.3. The minimum Gasteiger partial charge on any atom is -0.382 e. The SMILES string of the molecule is CCOCCCCNCCN1CCCC(C)C1C. The molecular formula is C15H32N2O. The molecule has 108 valence electrons. The van der Waals surface area contributed by atoms with Crippen LogP contribution in [0.5, 0.6) is 0 Å². The molecule has 3 heteroatoms. The van der Waals surface area contributed by atoms with Crippen LogP contribution in [-0.2, 0) is 4.74 Å². The third-order valence-corrected chi connectivity index (χ3v) is 4.18. The first-order valence-electron chi connectivity index (χ1n) is 7.78. The fourth-order valence-corrected chi connectivity index (χ4v) is 2.68. The number of piperidine rings is 1. The maximum Gasteiger partial charge on any atom is 0.0466 e. The van der Waals surface area contributed by atoms with Crippen molar-refractivity contribution in [2.45, 2.75) is 52.5 Å². The van der Waals surface area contributed by atoms with Gasteiger partial charge in [0.1, 0.15) is 0 Å². The molecule has 0 spiro atoms. The molecule has 0 saturated carbocycles. The van der Waals surface area contributed by atoms with E-state index in [0.29, 0.717) is 0 Å². The maximum atomic E-state index is 5.33. The van der Waals surface area contributed by atoms with Gasteiger partial charge in [-0.25, -0.2) is 0 Å². The van der Waals surface area contributed by atoms with Gasteiger partial charge in [0.05, 0.1) is 0 Å². The van der Waals surface area contributed by atoms with E-state index in [9.17, 15) is 0 Å². The number of rotatable bonds is 9. The molecule has 18 heavy (non-hydrogen) atoms. The smallest absolute Gasteiger partial charge is 0.0466 e. The van der Waals surface area contributed by atoms with Gasteiger partial charge in [-0.15, -0.1) is 0 Å². The first kappa shape index (κ1) is 15.9. The first-order chi connectivity index (χ1) is 8.75. The van der Waals surface area contributed by atoms with Crippen LogP contribution in [0.3, 0.4) is 0 Å². The van der Waals surface area contributed by atoms with Gasteiger partial charge in [0.25, 0.3) is 0 Å². The van der Waals surface area contributed by atoms with Crippen molar-refractivity contribution in [3.63, 3.8) is 0 Å². The molecule has 1 N–H and O–H groups in total. The number of ether oxygens (including phenoxy) is 1. The topological polar surface area (TPSA) is 24.5 Å². The lowest BCUT2D eigenvalue weighted by Gasteiger charge is -2.37. The molecule has 1 fully saturated rings. The van der Waals surface area contributed by atoms with Gasteiger partial charge in [-0.2, -0.15) is 0 Å². The Morgan fingerprint density at radius 3 is 2.83 bits per heavy atom. The summed E-state index contributed by atoms with van der Waals surface area (Å²) in [4.78, 5) is 2.64. The van der Waals surface area contributed by atoms with E-state index in [1.54, 1.807) is 0 Å². The number of nitrogens with zero attached hydrogens (tertiary/aromatic N) is 1. The van der Waals surface area contributed by atoms with Crippen molar-refractivity contribution in [1.29, 1.82) is 0 Å². The Morgan fingerprint density at radius 1 is 1.22 bits per heavy atom. The van der Waals surface area contributed by atoms with E-state index in [2.05, 4.69) is 31.0 Å². The molecule has 0 bridgehead atoms. The van der Waals surface area contributed by atoms with E-state index < -0.39 is 0 Å². The largest absolute Gasteiger partial charge is 0.382 e. The molecule has 1 saturated heterocycles. The summed E-state index contributed by atoms with van der Waals surface area (Å²) in [6.07, 6.45) is 5.19. The molecule has 1 aliphatic heterocycles. The highest BCUT2D eigenvalue weighted by molar-refractivity contribution is 4.78. The van der Waals surface area contributed by atoms with E-state index in [1.165, 1.54) is 38.8 Å². The summed E-state index contributed by atoms with van der Waals surface area (Å²) in [6, 6.07) is 0.763. The lowest BCUT2D eigenvalue weighted by Crippen LogP contribution is -2.45. The molecule has 1 aliphatic rings. The van der Waals surface area contributed by atoms with Crippen molar-refractivity contribution >= 4 is 0 Å². The minimum absolute atomic E-state index is 0.763. The predicted octanol–water partition coefficient (Wildman–Crippen LogP) is 2.51. The Balaban J connectivity index is 1.94. The molecule has 0 aromatic rings. The van der Waals surface area contributed by atoms with Gasteiger partial charge in [0.2, 0.25) is 0 Å². The summed E-state index contributed by atoms with van der Waals surface area (Å²) in [7, 11) is 0. The lowest BCUT2D eigenvalue weighted by atomic mass is 9.92. The van der Waals surface area contributed by atoms with Crippen LogP contribution in [0.1, 0.15) is 46.5 Å². The third-order valence-electron chi connectivity index (χ3n) is 4.18. The number of hydrogen-bond donors (Lipinski definition) is 1. The monoisotopic (exact) mass is 256 g/mol. The number of hydrogen-bond acceptors (Lipinski definition) is 3. The molecular weight excluding hydrogens is 224 g/mol. The summed E-state index contributed by atoms with van der Waals surface area (Å²) < 4.78 is 5.33. The summed E-state index contributed by atoms with van der Waals surface area (Å²) in [5, 5.41) is 3.55. The average Bonchev–Trinajstić information content (AvgIpc) is 2.37. The molecule has 0 aromatic carbocycles. The Hall–Kier alpha value is -0.120. The number of nitrogens with one attached hydrogen (secondary N) is 1. The predicted molar refractivity (Wildman–Crippen MR) is 78.0 cm³/mol. The Bertz CT molecular complexity index is 199. The number of unbranched alkanes of at least 4 members (excludes halogenated alkanes) is 1. The van der Waals surface area contributed by atoms with Gasteiger partial charge in [-0.3, -0.25) is 4.90 Å². The normalized spacial score (nSPS) is 25.5. The lowest BCUT2D eigenvalue weighted by molar-refractivity contribution is 0.114. The Kier molecular flexibility index (Phi) is 8.64. The van der Waals surface area contributed by atoms with E-state index in [4.69, 9.17) is 4.74 Å². The van der Waals surface area contributed by atoms with E-state index in [-0.39, 0.29) is 0 Å². The zero-order valence-electron chi connectivity index (χ0n) is 12.6. The molecule has 2 unspecified atom stereocenters. The molecule has 0 aromatic heterocycles. The highest BCUT2D eigenvalue weighted by Crippen LogP contribution is 2.21. The van der Waals surface area contributed by atoms with Gasteiger partial charge in [0.15, 0.2) is 0 Å². The minimum atomic E-state index is 0.763. The zero-order chi connectivity index (χ0) is 13.2. The highest BCUT2D eigenvalue weighted by Gasteiger charge is 2.23. The molecule has 0 radical (unpaired) electrons. The van der Waals surface area contributed by atoms with Crippen molar-refractivity contribution in [2.75, 3.05) is 39.4 Å². The summed E-state index contributed by atoms with van der Waals surface area (Å²) >= 11 is 0. The van der Waals surface area contributed by atoms with Crippen molar-refractivity contribution in [1.82, 2.24) is 10.2 Å². The maximum absolute atomic E-state index is 5.33. The van der Waals surface area contributed by atoms with Crippen molar-refractivity contribution in [3.8, 4) is 0 Å². The van der Waals surface area contributed by atoms with Crippen molar-refractivity contribution in [2.24, 2.45) is 5.92 Å². The zero-order valence-corrected chi connectivity index (χ0v) is 12.6. The second-order valence-corrected chi connectivity index (χ2v) is 5.55. The Labute approximate surface area is 113 Å². The van der Waals surface area contributed by atoms with Crippen LogP contribution >= 0.6 is 0 Å². The van der Waals surface area contributed by atoms with Crippen LogP contribution in [0.2, 0.25) is 0 Å². The van der Waals surface area contributed by atoms with Crippen LogP contribution in [0.25, 0.3) is 0 Å². The molecule has 1 heterocycles. The van der Waals surface area contributed by atoms with Gasteiger partial charge in [0, 0.05) is 32.3 Å². The molecule has 0 aliphatic carbocycles. The Morgan fingerprint density at radius 2 is 2.06 bits per heavy atom. The van der Waals surface area contributed by atoms with Crippen LogP contribution in [-0.4, -0.2) is 50.3 Å². The second-order valence-electron chi connectivity index (χ2n) is 5.55. The fourth-order valence-electron chi connectivity index (χ4n) is 2.68. The van der Waals surface area contributed by atoms with Gasteiger partial charge >= 0.3 is 0 Å². The highest BCUT2D eigenvalue weighted by atomic mass is 16.5. The van der Waals surface area contributed by atoms with Crippen LogP contribution in [0.15, 0.2) is 0 Å². The van der Waals surface area contributed by atoms with Gasteiger partial charge in [-0.05, 0) is 58.5 Å². The van der Waals surface area contributed by atoms with Crippen LogP contribution in [0, 0.1) is 5.92 Å². The van der Waals surface area contributed by atoms with E-state index in [1.807, 2.05) is 0 Å². The summed E-state index contributed by atoms with van der Waals surface area (Å²) in [5.41, 5.74) is 0. The molecule has 0 amide bonds. The molecule has 3 nitrogen and oxygen atoms in total. The van der Waals surface area contributed by atoms with Crippen LogP contribution < -0.4 is 5.32 Å². The van der Waals surface area contributed by atoms with Gasteiger partial charge in [-0.1, -0.05) is 6.92 Å². The first-order valence-corrected chi connectivity index (χ1v) is 7.78. The van der Waals surface area contributed by atoms with E-state index >= 15 is 0 Å². The average molecular weight is 256 g/mol.